The minimum atomic E-state index is -0.461. The van der Waals surface area contributed by atoms with E-state index in [4.69, 9.17) is 21.4 Å². The fourth-order valence-corrected chi connectivity index (χ4v) is 3.21. The number of ether oxygens (including phenoxy) is 1. The molecule has 0 saturated carbocycles. The van der Waals surface area contributed by atoms with Gasteiger partial charge in [-0.1, -0.05) is 29.8 Å². The first-order valence-electron chi connectivity index (χ1n) is 8.29. The molecule has 2 aromatic heterocycles. The zero-order chi connectivity index (χ0) is 18.8. The molecule has 136 valence electrons. The van der Waals surface area contributed by atoms with E-state index >= 15 is 0 Å². The summed E-state index contributed by atoms with van der Waals surface area (Å²) in [6.45, 7) is -0.0351. The van der Waals surface area contributed by atoms with Crippen molar-refractivity contribution >= 4 is 22.6 Å². The van der Waals surface area contributed by atoms with Gasteiger partial charge in [0, 0.05) is 29.1 Å². The Kier molecular flexibility index (Phi) is 4.75. The molecular formula is C20H15ClFN3O2. The van der Waals surface area contributed by atoms with Crippen LogP contribution in [0.4, 0.5) is 4.39 Å². The van der Waals surface area contributed by atoms with Crippen LogP contribution in [0, 0.1) is 5.82 Å². The summed E-state index contributed by atoms with van der Waals surface area (Å²) in [7, 11) is 0. The molecule has 5 nitrogen and oxygen atoms in total. The van der Waals surface area contributed by atoms with E-state index in [1.54, 1.807) is 18.3 Å². The summed E-state index contributed by atoms with van der Waals surface area (Å²) in [4.78, 5) is 8.40. The minimum absolute atomic E-state index is 0.103. The summed E-state index contributed by atoms with van der Waals surface area (Å²) < 4.78 is 21.9. The van der Waals surface area contributed by atoms with Crippen LogP contribution >= 0.6 is 11.6 Å². The summed E-state index contributed by atoms with van der Waals surface area (Å²) in [5.74, 6) is -0.114. The van der Waals surface area contributed by atoms with Gasteiger partial charge in [-0.15, -0.1) is 0 Å². The molecule has 0 bridgehead atoms. The highest BCUT2D eigenvalue weighted by molar-refractivity contribution is 6.35. The molecule has 7 heteroatoms. The van der Waals surface area contributed by atoms with E-state index < -0.39 is 5.82 Å². The van der Waals surface area contributed by atoms with Gasteiger partial charge in [0.2, 0.25) is 0 Å². The van der Waals surface area contributed by atoms with Crippen LogP contribution in [-0.2, 0) is 0 Å². The number of fused-ring (bicyclic) bond motifs is 1. The molecule has 0 atom stereocenters. The molecule has 0 spiro atoms. The van der Waals surface area contributed by atoms with E-state index in [0.717, 1.165) is 5.69 Å². The van der Waals surface area contributed by atoms with Crippen LogP contribution in [0.1, 0.15) is 0 Å². The highest BCUT2D eigenvalue weighted by Gasteiger charge is 2.19. The van der Waals surface area contributed by atoms with Crippen molar-refractivity contribution < 1.29 is 14.2 Å². The Labute approximate surface area is 159 Å². The van der Waals surface area contributed by atoms with E-state index in [1.807, 2.05) is 34.9 Å². The lowest BCUT2D eigenvalue weighted by Crippen LogP contribution is -2.01. The topological polar surface area (TPSA) is 60.2 Å². The average Bonchev–Trinajstić information content (AvgIpc) is 3.08. The Bertz CT molecular complexity index is 1100. The molecule has 0 fully saturated rings. The number of aliphatic hydroxyl groups excluding tert-OH is 1. The fraction of sp³-hybridized carbons (Fsp3) is 0.100. The van der Waals surface area contributed by atoms with Gasteiger partial charge < -0.3 is 14.4 Å². The van der Waals surface area contributed by atoms with Crippen LogP contribution in [-0.4, -0.2) is 32.9 Å². The quantitative estimate of drug-likeness (QED) is 0.523. The summed E-state index contributed by atoms with van der Waals surface area (Å²) >= 11 is 6.33. The predicted molar refractivity (Wildman–Crippen MR) is 102 cm³/mol. The van der Waals surface area contributed by atoms with Crippen LogP contribution in [0.3, 0.4) is 0 Å². The van der Waals surface area contributed by atoms with E-state index in [9.17, 15) is 4.39 Å². The third-order valence-electron chi connectivity index (χ3n) is 4.16. The molecule has 0 amide bonds. The van der Waals surface area contributed by atoms with Gasteiger partial charge in [-0.25, -0.2) is 14.4 Å². The van der Waals surface area contributed by atoms with Crippen molar-refractivity contribution in [3.05, 3.63) is 72.0 Å². The number of hydrogen-bond acceptors (Lipinski definition) is 4. The summed E-state index contributed by atoms with van der Waals surface area (Å²) in [5, 5.41) is 9.67. The molecule has 27 heavy (non-hydrogen) atoms. The first-order valence-corrected chi connectivity index (χ1v) is 8.67. The van der Waals surface area contributed by atoms with Gasteiger partial charge in [-0.3, -0.25) is 0 Å². The summed E-state index contributed by atoms with van der Waals surface area (Å²) in [6.07, 6.45) is 3.18. The lowest BCUT2D eigenvalue weighted by Gasteiger charge is -2.07. The van der Waals surface area contributed by atoms with Crippen molar-refractivity contribution in [2.24, 2.45) is 0 Å². The van der Waals surface area contributed by atoms with Gasteiger partial charge in [0.15, 0.2) is 0 Å². The highest BCUT2D eigenvalue weighted by Crippen LogP contribution is 2.37. The second kappa shape index (κ2) is 7.34. The molecule has 0 aliphatic rings. The first kappa shape index (κ1) is 17.5. The normalized spacial score (nSPS) is 11.1. The molecule has 0 radical (unpaired) electrons. The number of hydrogen-bond donors (Lipinski definition) is 1. The standard InChI is InChI=1S/C20H15ClFN3O2/c21-19-18-16(15-7-6-14(10-17(15)22)27-9-8-26)11-25(20(18)24-12-23-19)13-4-2-1-3-5-13/h1-7,10-12,26H,8-9H2. The molecule has 4 rings (SSSR count). The molecular weight excluding hydrogens is 369 g/mol. The lowest BCUT2D eigenvalue weighted by atomic mass is 10.1. The van der Waals surface area contributed by atoms with Crippen LogP contribution in [0.2, 0.25) is 5.15 Å². The average molecular weight is 384 g/mol. The second-order valence-corrected chi connectivity index (χ2v) is 6.18. The zero-order valence-electron chi connectivity index (χ0n) is 14.1. The monoisotopic (exact) mass is 383 g/mol. The van der Waals surface area contributed by atoms with Crippen molar-refractivity contribution in [1.82, 2.24) is 14.5 Å². The Balaban J connectivity index is 1.90. The van der Waals surface area contributed by atoms with Crippen LogP contribution in [0.5, 0.6) is 5.75 Å². The van der Waals surface area contributed by atoms with Crippen molar-refractivity contribution in [3.8, 4) is 22.6 Å². The number of aromatic nitrogens is 3. The Morgan fingerprint density at radius 1 is 1.07 bits per heavy atom. The Hall–Kier alpha value is -2.96. The van der Waals surface area contributed by atoms with Crippen molar-refractivity contribution in [1.29, 1.82) is 0 Å². The number of benzene rings is 2. The van der Waals surface area contributed by atoms with Gasteiger partial charge in [-0.05, 0) is 24.3 Å². The van der Waals surface area contributed by atoms with Crippen molar-refractivity contribution in [2.75, 3.05) is 13.2 Å². The van der Waals surface area contributed by atoms with Crippen LogP contribution in [0.25, 0.3) is 27.8 Å². The van der Waals surface area contributed by atoms with Crippen molar-refractivity contribution in [2.45, 2.75) is 0 Å². The van der Waals surface area contributed by atoms with Gasteiger partial charge in [0.1, 0.15) is 35.3 Å². The van der Waals surface area contributed by atoms with Gasteiger partial charge in [0.25, 0.3) is 0 Å². The predicted octanol–water partition coefficient (Wildman–Crippen LogP) is 4.25. The van der Waals surface area contributed by atoms with E-state index in [-0.39, 0.29) is 18.4 Å². The van der Waals surface area contributed by atoms with Crippen molar-refractivity contribution in [3.63, 3.8) is 0 Å². The Morgan fingerprint density at radius 2 is 1.89 bits per heavy atom. The molecule has 0 aliphatic heterocycles. The molecule has 2 aromatic carbocycles. The maximum absolute atomic E-state index is 14.8. The van der Waals surface area contributed by atoms with Gasteiger partial charge in [0.05, 0.1) is 12.0 Å². The second-order valence-electron chi connectivity index (χ2n) is 5.83. The fourth-order valence-electron chi connectivity index (χ4n) is 2.98. The van der Waals surface area contributed by atoms with Gasteiger partial charge in [-0.2, -0.15) is 0 Å². The Morgan fingerprint density at radius 3 is 2.63 bits per heavy atom. The third-order valence-corrected chi connectivity index (χ3v) is 4.45. The maximum atomic E-state index is 14.8. The van der Waals surface area contributed by atoms with Gasteiger partial charge >= 0.3 is 0 Å². The molecule has 1 N–H and O–H groups in total. The smallest absolute Gasteiger partial charge is 0.150 e. The maximum Gasteiger partial charge on any atom is 0.150 e. The molecule has 0 saturated heterocycles. The third kappa shape index (κ3) is 3.25. The minimum Gasteiger partial charge on any atom is -0.491 e. The number of aliphatic hydroxyl groups is 1. The molecule has 0 aliphatic carbocycles. The van der Waals surface area contributed by atoms with E-state index in [1.165, 1.54) is 12.4 Å². The number of halogens is 2. The first-order chi connectivity index (χ1) is 13.2. The van der Waals surface area contributed by atoms with E-state index in [0.29, 0.717) is 27.9 Å². The summed E-state index contributed by atoms with van der Waals surface area (Å²) in [5.41, 5.74) is 2.43. The number of rotatable bonds is 5. The number of nitrogens with zero attached hydrogens (tertiary/aromatic N) is 3. The largest absolute Gasteiger partial charge is 0.491 e. The lowest BCUT2D eigenvalue weighted by molar-refractivity contribution is 0.201. The van der Waals surface area contributed by atoms with Crippen LogP contribution in [0.15, 0.2) is 61.1 Å². The SMILES string of the molecule is OCCOc1ccc(-c2cn(-c3ccccc3)c3ncnc(Cl)c23)c(F)c1. The van der Waals surface area contributed by atoms with Crippen LogP contribution < -0.4 is 4.74 Å². The molecule has 4 aromatic rings. The van der Waals surface area contributed by atoms with E-state index in [2.05, 4.69) is 9.97 Å². The zero-order valence-corrected chi connectivity index (χ0v) is 14.9. The summed E-state index contributed by atoms with van der Waals surface area (Å²) in [6, 6.07) is 14.2. The highest BCUT2D eigenvalue weighted by atomic mass is 35.5. The number of para-hydroxylation sites is 1. The molecule has 0 unspecified atom stereocenters. The molecule has 2 heterocycles.